The first-order valence-electron chi connectivity index (χ1n) is 4.42. The molecule has 0 aliphatic rings. The number of hydrogen-bond donors (Lipinski definition) is 0. The van der Waals surface area contributed by atoms with Crippen LogP contribution in [0.1, 0.15) is 5.56 Å². The van der Waals surface area contributed by atoms with Crippen LogP contribution in [0.15, 0.2) is 36.8 Å². The van der Waals surface area contributed by atoms with Gasteiger partial charge in [0.25, 0.3) is 0 Å². The lowest BCUT2D eigenvalue weighted by Gasteiger charge is -2.05. The maximum atomic E-state index is 13.0. The summed E-state index contributed by atoms with van der Waals surface area (Å²) in [5.41, 5.74) is 2.57. The molecular formula is C11H8BrFN2. The molecule has 0 N–H and O–H groups in total. The van der Waals surface area contributed by atoms with Gasteiger partial charge in [0, 0.05) is 23.3 Å². The highest BCUT2D eigenvalue weighted by Crippen LogP contribution is 2.22. The Morgan fingerprint density at radius 1 is 1.27 bits per heavy atom. The van der Waals surface area contributed by atoms with Gasteiger partial charge in [0.15, 0.2) is 0 Å². The lowest BCUT2D eigenvalue weighted by Crippen LogP contribution is -1.92. The highest BCUT2D eigenvalue weighted by Gasteiger charge is 2.06. The average molecular weight is 267 g/mol. The van der Waals surface area contributed by atoms with Crippen molar-refractivity contribution in [2.75, 3.05) is 0 Å². The van der Waals surface area contributed by atoms with Crippen molar-refractivity contribution in [3.63, 3.8) is 0 Å². The molecule has 0 aromatic carbocycles. The maximum absolute atomic E-state index is 13.0. The first kappa shape index (κ1) is 10.2. The van der Waals surface area contributed by atoms with Gasteiger partial charge in [-0.15, -0.1) is 0 Å². The van der Waals surface area contributed by atoms with Gasteiger partial charge in [-0.1, -0.05) is 15.9 Å². The standard InChI is InChI=1S/C11H8BrFN2/c12-6-9-5-10(13)7-15-11(9)8-1-3-14-4-2-8/h1-5,7H,6H2. The second-order valence-electron chi connectivity index (χ2n) is 3.03. The molecule has 2 heterocycles. The van der Waals surface area contributed by atoms with Gasteiger partial charge >= 0.3 is 0 Å². The molecule has 2 nitrogen and oxygen atoms in total. The summed E-state index contributed by atoms with van der Waals surface area (Å²) in [6.07, 6.45) is 4.61. The molecule has 76 valence electrons. The van der Waals surface area contributed by atoms with Crippen LogP contribution in [0.25, 0.3) is 11.3 Å². The van der Waals surface area contributed by atoms with Crippen LogP contribution in [-0.4, -0.2) is 9.97 Å². The highest BCUT2D eigenvalue weighted by molar-refractivity contribution is 9.08. The van der Waals surface area contributed by atoms with Crippen molar-refractivity contribution in [2.24, 2.45) is 0 Å². The zero-order chi connectivity index (χ0) is 10.7. The van der Waals surface area contributed by atoms with Crippen molar-refractivity contribution in [3.05, 3.63) is 48.2 Å². The van der Waals surface area contributed by atoms with Crippen molar-refractivity contribution < 1.29 is 4.39 Å². The second kappa shape index (κ2) is 4.49. The van der Waals surface area contributed by atoms with Crippen molar-refractivity contribution in [2.45, 2.75) is 5.33 Å². The van der Waals surface area contributed by atoms with E-state index in [1.807, 2.05) is 12.1 Å². The molecule has 0 saturated heterocycles. The molecule has 0 atom stereocenters. The quantitative estimate of drug-likeness (QED) is 0.781. The minimum atomic E-state index is -0.317. The Morgan fingerprint density at radius 3 is 2.67 bits per heavy atom. The third-order valence-electron chi connectivity index (χ3n) is 2.03. The molecule has 2 aromatic heterocycles. The highest BCUT2D eigenvalue weighted by atomic mass is 79.9. The Morgan fingerprint density at radius 2 is 2.00 bits per heavy atom. The predicted molar refractivity (Wildman–Crippen MR) is 60.1 cm³/mol. The molecule has 2 rings (SSSR count). The van der Waals surface area contributed by atoms with Crippen molar-refractivity contribution in [3.8, 4) is 11.3 Å². The summed E-state index contributed by atoms with van der Waals surface area (Å²) in [4.78, 5) is 8.02. The fraction of sp³-hybridized carbons (Fsp3) is 0.0909. The first-order chi connectivity index (χ1) is 7.31. The van der Waals surface area contributed by atoms with Crippen LogP contribution < -0.4 is 0 Å². The molecular weight excluding hydrogens is 259 g/mol. The van der Waals surface area contributed by atoms with E-state index in [0.717, 1.165) is 16.8 Å². The van der Waals surface area contributed by atoms with Gasteiger partial charge in [0.2, 0.25) is 0 Å². The lowest BCUT2D eigenvalue weighted by molar-refractivity contribution is 0.620. The number of nitrogens with zero attached hydrogens (tertiary/aromatic N) is 2. The summed E-state index contributed by atoms with van der Waals surface area (Å²) in [5, 5.41) is 0.579. The van der Waals surface area contributed by atoms with Gasteiger partial charge in [0.1, 0.15) is 5.82 Å². The zero-order valence-electron chi connectivity index (χ0n) is 7.82. The molecule has 0 unspecified atom stereocenters. The van der Waals surface area contributed by atoms with E-state index in [0.29, 0.717) is 5.33 Å². The minimum Gasteiger partial charge on any atom is -0.265 e. The van der Waals surface area contributed by atoms with Crippen LogP contribution in [0.5, 0.6) is 0 Å². The fourth-order valence-corrected chi connectivity index (χ4v) is 1.78. The van der Waals surface area contributed by atoms with E-state index in [2.05, 4.69) is 25.9 Å². The van der Waals surface area contributed by atoms with E-state index in [4.69, 9.17) is 0 Å². The number of pyridine rings is 2. The van der Waals surface area contributed by atoms with Gasteiger partial charge in [-0.3, -0.25) is 9.97 Å². The molecule has 0 radical (unpaired) electrons. The van der Waals surface area contributed by atoms with E-state index in [1.54, 1.807) is 12.4 Å². The molecule has 15 heavy (non-hydrogen) atoms. The minimum absolute atomic E-state index is 0.317. The van der Waals surface area contributed by atoms with Gasteiger partial charge in [-0.25, -0.2) is 4.39 Å². The van der Waals surface area contributed by atoms with E-state index < -0.39 is 0 Å². The Labute approximate surface area is 95.3 Å². The Hall–Kier alpha value is -1.29. The number of rotatable bonds is 2. The summed E-state index contributed by atoms with van der Waals surface area (Å²) in [5.74, 6) is -0.317. The number of aromatic nitrogens is 2. The van der Waals surface area contributed by atoms with E-state index in [-0.39, 0.29) is 5.82 Å². The topological polar surface area (TPSA) is 25.8 Å². The van der Waals surface area contributed by atoms with Crippen LogP contribution in [0.2, 0.25) is 0 Å². The lowest BCUT2D eigenvalue weighted by atomic mass is 10.1. The normalized spacial score (nSPS) is 10.3. The largest absolute Gasteiger partial charge is 0.265 e. The van der Waals surface area contributed by atoms with Crippen molar-refractivity contribution >= 4 is 15.9 Å². The summed E-state index contributed by atoms with van der Waals surface area (Å²) in [6, 6.07) is 5.19. The summed E-state index contributed by atoms with van der Waals surface area (Å²) >= 11 is 3.32. The summed E-state index contributed by atoms with van der Waals surface area (Å²) in [7, 11) is 0. The molecule has 0 amide bonds. The number of halogens is 2. The molecule has 4 heteroatoms. The molecule has 2 aromatic rings. The third-order valence-corrected chi connectivity index (χ3v) is 2.64. The monoisotopic (exact) mass is 266 g/mol. The Bertz CT molecular complexity index is 459. The average Bonchev–Trinajstić information content (AvgIpc) is 2.30. The van der Waals surface area contributed by atoms with Crippen molar-refractivity contribution in [1.82, 2.24) is 9.97 Å². The fourth-order valence-electron chi connectivity index (χ4n) is 1.35. The van der Waals surface area contributed by atoms with Crippen LogP contribution in [0, 0.1) is 5.82 Å². The summed E-state index contributed by atoms with van der Waals surface area (Å²) < 4.78 is 13.0. The predicted octanol–water partition coefficient (Wildman–Crippen LogP) is 3.18. The van der Waals surface area contributed by atoms with Gasteiger partial charge < -0.3 is 0 Å². The van der Waals surface area contributed by atoms with Crippen LogP contribution in [0.4, 0.5) is 4.39 Å². The van der Waals surface area contributed by atoms with Gasteiger partial charge in [-0.2, -0.15) is 0 Å². The van der Waals surface area contributed by atoms with Gasteiger partial charge in [0.05, 0.1) is 11.9 Å². The SMILES string of the molecule is Fc1cnc(-c2ccncc2)c(CBr)c1. The second-order valence-corrected chi connectivity index (χ2v) is 3.59. The number of alkyl halides is 1. The maximum Gasteiger partial charge on any atom is 0.141 e. The Balaban J connectivity index is 2.53. The molecule has 0 spiro atoms. The molecule has 0 saturated carbocycles. The summed E-state index contributed by atoms with van der Waals surface area (Å²) in [6.45, 7) is 0. The van der Waals surface area contributed by atoms with Crippen molar-refractivity contribution in [1.29, 1.82) is 0 Å². The Kier molecular flexibility index (Phi) is 3.06. The molecule has 0 bridgehead atoms. The van der Waals surface area contributed by atoms with E-state index in [1.165, 1.54) is 12.3 Å². The molecule has 0 aliphatic carbocycles. The van der Waals surface area contributed by atoms with Gasteiger partial charge in [-0.05, 0) is 23.8 Å². The van der Waals surface area contributed by atoms with E-state index in [9.17, 15) is 4.39 Å². The van der Waals surface area contributed by atoms with E-state index >= 15 is 0 Å². The third kappa shape index (κ3) is 2.21. The van der Waals surface area contributed by atoms with Crippen LogP contribution >= 0.6 is 15.9 Å². The first-order valence-corrected chi connectivity index (χ1v) is 5.54. The van der Waals surface area contributed by atoms with Crippen LogP contribution in [0.3, 0.4) is 0 Å². The number of hydrogen-bond acceptors (Lipinski definition) is 2. The zero-order valence-corrected chi connectivity index (χ0v) is 9.41. The smallest absolute Gasteiger partial charge is 0.141 e. The van der Waals surface area contributed by atoms with Crippen LogP contribution in [-0.2, 0) is 5.33 Å². The molecule has 0 fully saturated rings. The molecule has 0 aliphatic heterocycles.